The Morgan fingerprint density at radius 1 is 0.811 bits per heavy atom. The molecule has 0 aliphatic carbocycles. The Labute approximate surface area is 221 Å². The van der Waals surface area contributed by atoms with Gasteiger partial charge in [0.25, 0.3) is 17.7 Å². The summed E-state index contributed by atoms with van der Waals surface area (Å²) in [5.74, 6) is -0.0215. The van der Waals surface area contributed by atoms with Gasteiger partial charge in [-0.25, -0.2) is 0 Å². The maximum absolute atomic E-state index is 12.5. The smallest absolute Gasteiger partial charge is 0.269 e. The highest BCUT2D eigenvalue weighted by molar-refractivity contribution is 7.80. The van der Waals surface area contributed by atoms with E-state index < -0.39 is 11.8 Å². The number of carbonyl (C=O) groups excluding carboxylic acids is 3. The molecule has 3 amide bonds. The van der Waals surface area contributed by atoms with Crippen LogP contribution >= 0.6 is 12.2 Å². The fraction of sp³-hybridized carbons (Fsp3) is 0.214. The lowest BCUT2D eigenvalue weighted by Crippen LogP contribution is -2.48. The Kier molecular flexibility index (Phi) is 9.74. The molecule has 0 unspecified atom stereocenters. The lowest BCUT2D eigenvalue weighted by Gasteiger charge is -2.12. The second-order valence-electron chi connectivity index (χ2n) is 8.82. The number of anilines is 1. The summed E-state index contributed by atoms with van der Waals surface area (Å²) < 4.78 is 5.69. The molecule has 0 radical (unpaired) electrons. The van der Waals surface area contributed by atoms with Gasteiger partial charge in [0.15, 0.2) is 5.11 Å². The number of thiocarbonyl (C=S) groups is 1. The van der Waals surface area contributed by atoms with Crippen LogP contribution in [0.25, 0.3) is 0 Å². The molecule has 192 valence electrons. The average molecular weight is 519 g/mol. The minimum absolute atomic E-state index is 0.0634. The third-order valence-electron chi connectivity index (χ3n) is 5.26. The summed E-state index contributed by atoms with van der Waals surface area (Å²) >= 11 is 5.12. The van der Waals surface area contributed by atoms with E-state index in [9.17, 15) is 14.4 Å². The largest absolute Gasteiger partial charge is 0.494 e. The molecule has 0 heterocycles. The van der Waals surface area contributed by atoms with Gasteiger partial charge in [-0.3, -0.25) is 30.6 Å². The molecule has 0 aliphatic rings. The first-order valence-electron chi connectivity index (χ1n) is 11.8. The maximum Gasteiger partial charge on any atom is 0.269 e. The van der Waals surface area contributed by atoms with Gasteiger partial charge in [-0.2, -0.15) is 0 Å². The lowest BCUT2D eigenvalue weighted by atomic mass is 10.1. The molecule has 4 N–H and O–H groups in total. The van der Waals surface area contributed by atoms with Gasteiger partial charge < -0.3 is 10.1 Å². The number of ether oxygens (including phenoxy) is 1. The Morgan fingerprint density at radius 2 is 1.49 bits per heavy atom. The summed E-state index contributed by atoms with van der Waals surface area (Å²) in [6, 6.07) is 20.4. The van der Waals surface area contributed by atoms with E-state index in [2.05, 4.69) is 35.3 Å². The number of rotatable bonds is 8. The second-order valence-corrected chi connectivity index (χ2v) is 9.23. The number of carbonyl (C=O) groups is 3. The molecule has 3 aromatic rings. The molecule has 0 aliphatic heterocycles. The van der Waals surface area contributed by atoms with Gasteiger partial charge in [-0.05, 0) is 86.1 Å². The fourth-order valence-electron chi connectivity index (χ4n) is 3.23. The van der Waals surface area contributed by atoms with Crippen molar-refractivity contribution in [3.63, 3.8) is 0 Å². The monoisotopic (exact) mass is 518 g/mol. The molecule has 0 saturated heterocycles. The topological polar surface area (TPSA) is 109 Å². The van der Waals surface area contributed by atoms with Gasteiger partial charge in [0, 0.05) is 22.4 Å². The van der Waals surface area contributed by atoms with Crippen molar-refractivity contribution < 1.29 is 19.1 Å². The van der Waals surface area contributed by atoms with Crippen LogP contribution in [0.2, 0.25) is 0 Å². The predicted octanol–water partition coefficient (Wildman–Crippen LogP) is 4.62. The van der Waals surface area contributed by atoms with Crippen LogP contribution in [-0.2, 0) is 0 Å². The van der Waals surface area contributed by atoms with Crippen LogP contribution in [0.5, 0.6) is 5.75 Å². The van der Waals surface area contributed by atoms with Crippen molar-refractivity contribution in [1.82, 2.24) is 16.2 Å². The Hall–Kier alpha value is -4.24. The van der Waals surface area contributed by atoms with E-state index in [1.165, 1.54) is 0 Å². The first-order chi connectivity index (χ1) is 17.7. The quantitative estimate of drug-likeness (QED) is 0.256. The Morgan fingerprint density at radius 3 is 2.16 bits per heavy atom. The van der Waals surface area contributed by atoms with Crippen LogP contribution in [0.4, 0.5) is 5.69 Å². The minimum Gasteiger partial charge on any atom is -0.494 e. The highest BCUT2D eigenvalue weighted by Crippen LogP contribution is 2.15. The first kappa shape index (κ1) is 27.3. The number of aryl methyl sites for hydroxylation is 1. The van der Waals surface area contributed by atoms with E-state index in [0.29, 0.717) is 40.7 Å². The van der Waals surface area contributed by atoms with E-state index in [1.54, 1.807) is 60.7 Å². The number of hydrazine groups is 1. The molecule has 37 heavy (non-hydrogen) atoms. The summed E-state index contributed by atoms with van der Waals surface area (Å²) in [4.78, 5) is 37.3. The van der Waals surface area contributed by atoms with Crippen LogP contribution in [0.1, 0.15) is 56.9 Å². The standard InChI is InChI=1S/C28H30N4O4S/c1-18(2)14-15-36-24-9-5-8-22(17-24)26(34)30-28(37)32-31-27(35)20-10-12-23(13-11-20)29-25(33)21-7-4-6-19(3)16-21/h4-13,16-18H,14-15H2,1-3H3,(H,29,33)(H,31,35)(H2,30,32,34,37). The van der Waals surface area contributed by atoms with Crippen molar-refractivity contribution in [2.45, 2.75) is 27.2 Å². The van der Waals surface area contributed by atoms with E-state index in [0.717, 1.165) is 12.0 Å². The van der Waals surface area contributed by atoms with Crippen LogP contribution in [0.15, 0.2) is 72.8 Å². The van der Waals surface area contributed by atoms with E-state index >= 15 is 0 Å². The third kappa shape index (κ3) is 8.73. The fourth-order valence-corrected chi connectivity index (χ4v) is 3.37. The maximum atomic E-state index is 12.5. The molecule has 8 nitrogen and oxygen atoms in total. The van der Waals surface area contributed by atoms with Gasteiger partial charge in [0.2, 0.25) is 0 Å². The summed E-state index contributed by atoms with van der Waals surface area (Å²) in [5, 5.41) is 5.25. The van der Waals surface area contributed by atoms with Gasteiger partial charge in [0.05, 0.1) is 6.61 Å². The Balaban J connectivity index is 1.47. The highest BCUT2D eigenvalue weighted by Gasteiger charge is 2.12. The molecule has 3 aromatic carbocycles. The lowest BCUT2D eigenvalue weighted by molar-refractivity contribution is 0.0934. The van der Waals surface area contributed by atoms with Crippen molar-refractivity contribution in [3.05, 3.63) is 95.1 Å². The van der Waals surface area contributed by atoms with Gasteiger partial charge in [-0.15, -0.1) is 0 Å². The van der Waals surface area contributed by atoms with E-state index in [1.807, 2.05) is 19.1 Å². The van der Waals surface area contributed by atoms with Gasteiger partial charge in [-0.1, -0.05) is 37.6 Å². The zero-order valence-corrected chi connectivity index (χ0v) is 21.8. The molecule has 3 rings (SSSR count). The summed E-state index contributed by atoms with van der Waals surface area (Å²) in [6.45, 7) is 6.71. The van der Waals surface area contributed by atoms with Crippen LogP contribution in [-0.4, -0.2) is 29.4 Å². The Bertz CT molecular complexity index is 1280. The van der Waals surface area contributed by atoms with Crippen LogP contribution < -0.4 is 26.2 Å². The summed E-state index contributed by atoms with van der Waals surface area (Å²) in [5.41, 5.74) is 7.75. The number of hydrogen-bond acceptors (Lipinski definition) is 5. The number of amides is 3. The molecular formula is C28H30N4O4S. The van der Waals surface area contributed by atoms with E-state index in [-0.39, 0.29) is 11.0 Å². The van der Waals surface area contributed by atoms with E-state index in [4.69, 9.17) is 17.0 Å². The van der Waals surface area contributed by atoms with Crippen molar-refractivity contribution in [1.29, 1.82) is 0 Å². The molecule has 0 atom stereocenters. The zero-order chi connectivity index (χ0) is 26.8. The normalized spacial score (nSPS) is 10.4. The van der Waals surface area contributed by atoms with Crippen molar-refractivity contribution in [2.75, 3.05) is 11.9 Å². The molecule has 0 fully saturated rings. The number of hydrogen-bond donors (Lipinski definition) is 4. The molecular weight excluding hydrogens is 488 g/mol. The molecule has 0 bridgehead atoms. The molecule has 0 spiro atoms. The molecule has 9 heteroatoms. The van der Waals surface area contributed by atoms with Crippen molar-refractivity contribution >= 4 is 40.7 Å². The van der Waals surface area contributed by atoms with Crippen molar-refractivity contribution in [2.24, 2.45) is 5.92 Å². The van der Waals surface area contributed by atoms with Crippen molar-refractivity contribution in [3.8, 4) is 5.75 Å². The predicted molar refractivity (Wildman–Crippen MR) is 148 cm³/mol. The third-order valence-corrected chi connectivity index (χ3v) is 5.47. The minimum atomic E-state index is -0.464. The summed E-state index contributed by atoms with van der Waals surface area (Å²) in [6.07, 6.45) is 0.912. The zero-order valence-electron chi connectivity index (χ0n) is 21.0. The molecule has 0 saturated carbocycles. The van der Waals surface area contributed by atoms with Gasteiger partial charge in [0.1, 0.15) is 5.75 Å². The molecule has 0 aromatic heterocycles. The highest BCUT2D eigenvalue weighted by atomic mass is 32.1. The second kappa shape index (κ2) is 13.2. The SMILES string of the molecule is Cc1cccc(C(=O)Nc2ccc(C(=O)NNC(=S)NC(=O)c3cccc(OCCC(C)C)c3)cc2)c1. The number of benzene rings is 3. The number of nitrogens with one attached hydrogen (secondary N) is 4. The van der Waals surface area contributed by atoms with Crippen LogP contribution in [0.3, 0.4) is 0 Å². The average Bonchev–Trinajstić information content (AvgIpc) is 2.87. The van der Waals surface area contributed by atoms with Gasteiger partial charge >= 0.3 is 0 Å². The van der Waals surface area contributed by atoms with Crippen LogP contribution in [0, 0.1) is 12.8 Å². The summed E-state index contributed by atoms with van der Waals surface area (Å²) in [7, 11) is 0. The first-order valence-corrected chi connectivity index (χ1v) is 12.2.